The largest absolute Gasteiger partial charge is 0.462 e. The Balaban J connectivity index is 3.49. The Morgan fingerprint density at radius 2 is 0.775 bits per heavy atom. The van der Waals surface area contributed by atoms with Crippen molar-refractivity contribution in [1.82, 2.24) is 0 Å². The summed E-state index contributed by atoms with van der Waals surface area (Å²) in [6, 6.07) is 0. The van der Waals surface area contributed by atoms with E-state index in [0.717, 1.165) is 32.1 Å². The summed E-state index contributed by atoms with van der Waals surface area (Å²) in [5.41, 5.74) is 0. The van der Waals surface area contributed by atoms with Crippen molar-refractivity contribution in [2.75, 3.05) is 13.2 Å². The molecule has 1 N–H and O–H groups in total. The number of unbranched alkanes of at least 4 members (excludes halogenated alkanes) is 24. The van der Waals surface area contributed by atoms with E-state index in [2.05, 4.69) is 13.8 Å². The van der Waals surface area contributed by atoms with E-state index in [1.54, 1.807) is 0 Å². The Morgan fingerprint density at radius 3 is 1.10 bits per heavy atom. The minimum Gasteiger partial charge on any atom is -0.462 e. The van der Waals surface area contributed by atoms with Gasteiger partial charge in [0.05, 0.1) is 6.61 Å². The highest BCUT2D eigenvalue weighted by Gasteiger charge is 2.16. The average Bonchev–Trinajstić information content (AvgIpc) is 2.96. The zero-order valence-electron chi connectivity index (χ0n) is 26.9. The molecule has 0 saturated carbocycles. The van der Waals surface area contributed by atoms with Crippen LogP contribution in [0.15, 0.2) is 0 Å². The topological polar surface area (TPSA) is 72.8 Å². The van der Waals surface area contributed by atoms with Crippen LogP contribution in [0.25, 0.3) is 0 Å². The highest BCUT2D eigenvalue weighted by molar-refractivity contribution is 5.70. The monoisotopic (exact) mass is 569 g/mol. The number of esters is 2. The third-order valence-electron chi connectivity index (χ3n) is 7.90. The molecule has 5 nitrogen and oxygen atoms in total. The molecule has 0 bridgehead atoms. The van der Waals surface area contributed by atoms with Gasteiger partial charge in [0, 0.05) is 12.8 Å². The van der Waals surface area contributed by atoms with Gasteiger partial charge >= 0.3 is 11.9 Å². The summed E-state index contributed by atoms with van der Waals surface area (Å²) in [5.74, 6) is -0.583. The second-order valence-electron chi connectivity index (χ2n) is 12.0. The van der Waals surface area contributed by atoms with E-state index in [1.165, 1.54) is 135 Å². The van der Waals surface area contributed by atoms with E-state index in [1.807, 2.05) is 0 Å². The van der Waals surface area contributed by atoms with Crippen molar-refractivity contribution in [2.45, 2.75) is 200 Å². The summed E-state index contributed by atoms with van der Waals surface area (Å²) < 4.78 is 10.5. The first kappa shape index (κ1) is 38.9. The first-order valence-corrected chi connectivity index (χ1v) is 17.6. The number of carbonyl (C=O) groups is 2. The molecule has 0 heterocycles. The molecule has 0 radical (unpaired) electrons. The number of hydrogen-bond acceptors (Lipinski definition) is 5. The summed E-state index contributed by atoms with van der Waals surface area (Å²) in [4.78, 5) is 24.1. The van der Waals surface area contributed by atoms with Crippen LogP contribution in [-0.4, -0.2) is 36.4 Å². The fourth-order valence-corrected chi connectivity index (χ4v) is 5.20. The predicted molar refractivity (Wildman–Crippen MR) is 169 cm³/mol. The van der Waals surface area contributed by atoms with E-state index >= 15 is 0 Å². The van der Waals surface area contributed by atoms with Crippen LogP contribution in [0.1, 0.15) is 194 Å². The number of rotatable bonds is 32. The summed E-state index contributed by atoms with van der Waals surface area (Å²) in [6.45, 7) is 4.12. The Labute approximate surface area is 248 Å². The maximum absolute atomic E-state index is 12.0. The second-order valence-corrected chi connectivity index (χ2v) is 12.0. The minimum atomic E-state index is -0.759. The molecule has 0 aromatic carbocycles. The van der Waals surface area contributed by atoms with Crippen molar-refractivity contribution in [3.8, 4) is 0 Å². The van der Waals surface area contributed by atoms with Gasteiger partial charge < -0.3 is 14.6 Å². The lowest BCUT2D eigenvalue weighted by molar-refractivity contribution is -0.161. The smallest absolute Gasteiger partial charge is 0.306 e. The van der Waals surface area contributed by atoms with Gasteiger partial charge in [0.1, 0.15) is 6.61 Å². The van der Waals surface area contributed by atoms with Gasteiger partial charge in [-0.25, -0.2) is 0 Å². The zero-order chi connectivity index (χ0) is 29.4. The van der Waals surface area contributed by atoms with Crippen molar-refractivity contribution in [3.05, 3.63) is 0 Å². The highest BCUT2D eigenvalue weighted by Crippen LogP contribution is 2.15. The maximum Gasteiger partial charge on any atom is 0.306 e. The number of aliphatic hydroxyl groups excluding tert-OH is 1. The Kier molecular flexibility index (Phi) is 31.5. The van der Waals surface area contributed by atoms with E-state index in [9.17, 15) is 14.7 Å². The van der Waals surface area contributed by atoms with Crippen LogP contribution in [0, 0.1) is 0 Å². The van der Waals surface area contributed by atoms with Crippen LogP contribution in [0.3, 0.4) is 0 Å². The molecule has 0 aliphatic carbocycles. The molecule has 40 heavy (non-hydrogen) atoms. The van der Waals surface area contributed by atoms with Crippen LogP contribution in [0.2, 0.25) is 0 Å². The fourth-order valence-electron chi connectivity index (χ4n) is 5.20. The molecule has 5 heteroatoms. The van der Waals surface area contributed by atoms with Gasteiger partial charge in [-0.2, -0.15) is 0 Å². The predicted octanol–water partition coefficient (Wildman–Crippen LogP) is 10.4. The first-order chi connectivity index (χ1) is 19.6. The average molecular weight is 569 g/mol. The normalized spacial score (nSPS) is 12.0. The Hall–Kier alpha value is -1.10. The van der Waals surface area contributed by atoms with Gasteiger partial charge in [-0.15, -0.1) is 0 Å². The zero-order valence-corrected chi connectivity index (χ0v) is 26.9. The SMILES string of the molecule is CCCCCCCCCCCCCCCCCCCC(=O)OC[C@H](CO)OC(=O)CCCCCCCCCCC. The quantitative estimate of drug-likeness (QED) is 0.0645. The van der Waals surface area contributed by atoms with Crippen LogP contribution >= 0.6 is 0 Å². The second kappa shape index (κ2) is 32.4. The molecule has 0 fully saturated rings. The van der Waals surface area contributed by atoms with E-state index in [0.29, 0.717) is 12.8 Å². The lowest BCUT2D eigenvalue weighted by atomic mass is 10.0. The van der Waals surface area contributed by atoms with E-state index in [-0.39, 0.29) is 25.2 Å². The lowest BCUT2D eigenvalue weighted by Gasteiger charge is -2.15. The number of hydrogen-bond donors (Lipinski definition) is 1. The van der Waals surface area contributed by atoms with Crippen molar-refractivity contribution >= 4 is 11.9 Å². The molecular formula is C35H68O5. The summed E-state index contributed by atoms with van der Waals surface area (Å²) in [6.07, 6.45) is 33.0. The third kappa shape index (κ3) is 29.9. The minimum absolute atomic E-state index is 0.0577. The maximum atomic E-state index is 12.0. The van der Waals surface area contributed by atoms with Crippen LogP contribution in [0.5, 0.6) is 0 Å². The Morgan fingerprint density at radius 1 is 0.475 bits per heavy atom. The standard InChI is InChI=1S/C35H68O5/c1-3-5-7-9-11-13-14-15-16-17-18-19-20-22-23-25-27-29-34(37)39-32-33(31-36)40-35(38)30-28-26-24-21-12-10-8-6-4-2/h33,36H,3-32H2,1-2H3/t33-/m0/s1. The third-order valence-corrected chi connectivity index (χ3v) is 7.90. The van der Waals surface area contributed by atoms with Gasteiger partial charge in [-0.3, -0.25) is 9.59 Å². The molecule has 0 aromatic heterocycles. The van der Waals surface area contributed by atoms with Gasteiger partial charge in [-0.05, 0) is 12.8 Å². The lowest BCUT2D eigenvalue weighted by Crippen LogP contribution is -2.28. The van der Waals surface area contributed by atoms with Gasteiger partial charge in [0.25, 0.3) is 0 Å². The highest BCUT2D eigenvalue weighted by atomic mass is 16.6. The van der Waals surface area contributed by atoms with E-state index in [4.69, 9.17) is 9.47 Å². The fraction of sp³-hybridized carbons (Fsp3) is 0.943. The van der Waals surface area contributed by atoms with Crippen molar-refractivity contribution in [3.63, 3.8) is 0 Å². The molecule has 0 aromatic rings. The molecule has 1 atom stereocenters. The number of ether oxygens (including phenoxy) is 2. The molecule has 0 rings (SSSR count). The van der Waals surface area contributed by atoms with Gasteiger partial charge in [0.2, 0.25) is 0 Å². The molecule has 0 spiro atoms. The van der Waals surface area contributed by atoms with Crippen molar-refractivity contribution in [1.29, 1.82) is 0 Å². The molecule has 0 unspecified atom stereocenters. The summed E-state index contributed by atoms with van der Waals surface area (Å²) in [5, 5.41) is 9.48. The van der Waals surface area contributed by atoms with Crippen LogP contribution in [0.4, 0.5) is 0 Å². The van der Waals surface area contributed by atoms with Crippen molar-refractivity contribution in [2.24, 2.45) is 0 Å². The van der Waals surface area contributed by atoms with Gasteiger partial charge in [0.15, 0.2) is 6.10 Å². The number of aliphatic hydroxyl groups is 1. The van der Waals surface area contributed by atoms with Crippen LogP contribution < -0.4 is 0 Å². The first-order valence-electron chi connectivity index (χ1n) is 17.6. The van der Waals surface area contributed by atoms with Crippen LogP contribution in [-0.2, 0) is 19.1 Å². The van der Waals surface area contributed by atoms with E-state index < -0.39 is 6.10 Å². The summed E-state index contributed by atoms with van der Waals surface area (Å²) in [7, 11) is 0. The molecule has 0 amide bonds. The van der Waals surface area contributed by atoms with Crippen molar-refractivity contribution < 1.29 is 24.2 Å². The summed E-state index contributed by atoms with van der Waals surface area (Å²) >= 11 is 0. The molecular weight excluding hydrogens is 500 g/mol. The molecule has 0 saturated heterocycles. The number of carbonyl (C=O) groups excluding carboxylic acids is 2. The van der Waals surface area contributed by atoms with Gasteiger partial charge in [-0.1, -0.05) is 168 Å². The molecule has 0 aliphatic heterocycles. The Bertz CT molecular complexity index is 536. The molecule has 0 aliphatic rings. The molecule has 238 valence electrons.